The summed E-state index contributed by atoms with van der Waals surface area (Å²) in [5.41, 5.74) is 23.7. The largest absolute Gasteiger partial charge is 0.481 e. The van der Waals surface area contributed by atoms with Crippen LogP contribution in [0.1, 0.15) is 33.7 Å². The van der Waals surface area contributed by atoms with Gasteiger partial charge in [0.25, 0.3) is 0 Å². The Labute approximate surface area is 478 Å². The standard InChI is InChI=1S/C78H58N2O2/c1-49-25-29-59(53-17-9-5-10-18-53)43-71(49)79(72-44-60(30-26-50(72)2)54-19-11-6-12-20-54)65-35-33-57-41-69-67-37-38-68-70-42-58-34-36-66(40-64(58)48-76(70)82-78(68)77(67)81-75(69)47-63(57)39-65)80(73-45-61(31-27-51(73)3)55-21-13-7-14-22-55)74-46-62(32-28-52(74)4)56-23-15-8-16-24-56/h5-48,69,75H,1-4H3. The van der Waals surface area contributed by atoms with Crippen LogP contribution in [0.4, 0.5) is 34.1 Å². The van der Waals surface area contributed by atoms with Crippen LogP contribution < -0.4 is 25.0 Å². The van der Waals surface area contributed by atoms with Gasteiger partial charge in [0, 0.05) is 56.4 Å². The van der Waals surface area contributed by atoms with Crippen molar-refractivity contribution in [3.63, 3.8) is 0 Å². The first kappa shape index (κ1) is 48.9. The average Bonchev–Trinajstić information content (AvgIpc) is 4.12. The Hall–Kier alpha value is -10.2. The molecule has 82 heavy (non-hydrogen) atoms. The highest BCUT2D eigenvalue weighted by atomic mass is 16.5. The van der Waals surface area contributed by atoms with Crippen molar-refractivity contribution >= 4 is 79.0 Å². The van der Waals surface area contributed by atoms with Crippen molar-refractivity contribution in [2.75, 3.05) is 9.80 Å². The van der Waals surface area contributed by atoms with Gasteiger partial charge in [-0.2, -0.15) is 0 Å². The molecule has 4 heteroatoms. The van der Waals surface area contributed by atoms with E-state index in [2.05, 4.69) is 304 Å². The van der Waals surface area contributed by atoms with E-state index in [4.69, 9.17) is 9.15 Å². The average molecular weight is 1060 g/mol. The molecule has 0 fully saturated rings. The highest BCUT2D eigenvalue weighted by Crippen LogP contribution is 2.49. The molecule has 0 amide bonds. The van der Waals surface area contributed by atoms with E-state index in [1.54, 1.807) is 0 Å². The first-order valence-electron chi connectivity index (χ1n) is 28.4. The number of rotatable bonds is 10. The molecule has 0 saturated heterocycles. The van der Waals surface area contributed by atoms with Gasteiger partial charge in [-0.1, -0.05) is 194 Å². The van der Waals surface area contributed by atoms with E-state index in [0.29, 0.717) is 0 Å². The lowest BCUT2D eigenvalue weighted by Crippen LogP contribution is -2.35. The molecule has 2 aliphatic rings. The molecule has 0 radical (unpaired) electrons. The van der Waals surface area contributed by atoms with Crippen LogP contribution in [0.25, 0.3) is 89.4 Å². The molecular weight excluding hydrogens is 997 g/mol. The molecule has 13 aromatic rings. The van der Waals surface area contributed by atoms with Gasteiger partial charge in [-0.25, -0.2) is 0 Å². The van der Waals surface area contributed by atoms with Crippen LogP contribution in [0.15, 0.2) is 259 Å². The van der Waals surface area contributed by atoms with Gasteiger partial charge < -0.3 is 19.0 Å². The maximum atomic E-state index is 7.10. The number of benzene rings is 12. The third kappa shape index (κ3) is 8.54. The van der Waals surface area contributed by atoms with E-state index >= 15 is 0 Å². The number of anilines is 6. The Morgan fingerprint density at radius 2 is 0.780 bits per heavy atom. The van der Waals surface area contributed by atoms with Crippen molar-refractivity contribution in [2.45, 2.75) is 39.7 Å². The van der Waals surface area contributed by atoms with Gasteiger partial charge >= 0.3 is 0 Å². The lowest BCUT2D eigenvalue weighted by molar-refractivity contribution is 0.288. The zero-order valence-electron chi connectivity index (χ0n) is 46.3. The van der Waals surface area contributed by atoms with Crippen LogP contribution in [0.5, 0.6) is 5.75 Å². The number of fused-ring (bicyclic) bond motifs is 9. The van der Waals surface area contributed by atoms with Crippen molar-refractivity contribution in [3.8, 4) is 50.3 Å². The second kappa shape index (κ2) is 19.9. The van der Waals surface area contributed by atoms with Crippen LogP contribution >= 0.6 is 0 Å². The maximum absolute atomic E-state index is 7.10. The highest BCUT2D eigenvalue weighted by Gasteiger charge is 2.36. The fraction of sp³-hybridized carbons (Fsp3) is 0.0769. The number of nitrogens with zero attached hydrogens (tertiary/aromatic N) is 2. The number of furan rings is 1. The monoisotopic (exact) mass is 1050 g/mol. The van der Waals surface area contributed by atoms with Crippen LogP contribution in [-0.4, -0.2) is 6.10 Å². The molecule has 2 heterocycles. The van der Waals surface area contributed by atoms with Crippen LogP contribution in [0, 0.1) is 27.7 Å². The Bertz CT molecular complexity index is 4600. The highest BCUT2D eigenvalue weighted by molar-refractivity contribution is 6.12. The lowest BCUT2D eigenvalue weighted by Gasteiger charge is -2.30. The summed E-state index contributed by atoms with van der Waals surface area (Å²) in [4.78, 5) is 4.89. The number of hydrogen-bond donors (Lipinski definition) is 0. The Morgan fingerprint density at radius 3 is 1.26 bits per heavy atom. The first-order chi connectivity index (χ1) is 40.3. The molecule has 1 aliphatic heterocycles. The van der Waals surface area contributed by atoms with Gasteiger partial charge in [0.05, 0.1) is 0 Å². The fourth-order valence-corrected chi connectivity index (χ4v) is 12.6. The molecule has 1 aliphatic carbocycles. The molecular formula is C78H58N2O2. The first-order valence-corrected chi connectivity index (χ1v) is 28.4. The number of aryl methyl sites for hydroxylation is 4. The predicted octanol–water partition coefficient (Wildman–Crippen LogP) is 19.7. The third-order valence-electron chi connectivity index (χ3n) is 17.1. The minimum absolute atomic E-state index is 0.0389. The minimum atomic E-state index is -0.198. The summed E-state index contributed by atoms with van der Waals surface area (Å²) in [6.07, 6.45) is 4.52. The van der Waals surface area contributed by atoms with Crippen LogP contribution in [0.2, 0.25) is 0 Å². The Balaban J connectivity index is 0.813. The van der Waals surface area contributed by atoms with E-state index < -0.39 is 0 Å². The van der Waals surface area contributed by atoms with Crippen LogP contribution in [0.3, 0.4) is 0 Å². The summed E-state index contributed by atoms with van der Waals surface area (Å²) in [6, 6.07) is 92.7. The minimum Gasteiger partial charge on any atom is -0.481 e. The van der Waals surface area contributed by atoms with E-state index in [0.717, 1.165) is 83.4 Å². The van der Waals surface area contributed by atoms with E-state index in [1.165, 1.54) is 72.0 Å². The fourth-order valence-electron chi connectivity index (χ4n) is 12.6. The molecule has 0 spiro atoms. The third-order valence-corrected chi connectivity index (χ3v) is 17.1. The van der Waals surface area contributed by atoms with Crippen molar-refractivity contribution in [1.82, 2.24) is 0 Å². The SMILES string of the molecule is Cc1ccc(-c2ccccc2)cc1N(c1ccc2c(c1)=CC1Oc3c(ccc4c3oc3cc5cc(N(c6cc(-c7ccccc7)ccc6C)c6cc(-c7ccccc7)ccc6C)ccc5cc34)C1C=2)c1cc(-c2ccccc2)ccc1C. The summed E-state index contributed by atoms with van der Waals surface area (Å²) >= 11 is 0. The number of ether oxygens (including phenoxy) is 1. The van der Waals surface area contributed by atoms with E-state index in [1.807, 2.05) is 0 Å². The molecule has 392 valence electrons. The zero-order valence-corrected chi connectivity index (χ0v) is 46.3. The summed E-state index contributed by atoms with van der Waals surface area (Å²) in [5.74, 6) is 0.864. The molecule has 0 saturated carbocycles. The molecule has 2 atom stereocenters. The van der Waals surface area contributed by atoms with Gasteiger partial charge in [0.2, 0.25) is 0 Å². The summed E-state index contributed by atoms with van der Waals surface area (Å²) in [6.45, 7) is 8.86. The van der Waals surface area contributed by atoms with Gasteiger partial charge in [0.1, 0.15) is 11.7 Å². The van der Waals surface area contributed by atoms with Gasteiger partial charge in [-0.15, -0.1) is 0 Å². The second-order valence-corrected chi connectivity index (χ2v) is 22.2. The van der Waals surface area contributed by atoms with Gasteiger partial charge in [-0.3, -0.25) is 0 Å². The molecule has 0 N–H and O–H groups in total. The molecule has 4 nitrogen and oxygen atoms in total. The van der Waals surface area contributed by atoms with Crippen molar-refractivity contribution in [2.24, 2.45) is 0 Å². The topological polar surface area (TPSA) is 28.9 Å². The molecule has 0 bridgehead atoms. The lowest BCUT2D eigenvalue weighted by atomic mass is 9.89. The second-order valence-electron chi connectivity index (χ2n) is 22.2. The molecule has 2 unspecified atom stereocenters. The van der Waals surface area contributed by atoms with Crippen molar-refractivity contribution in [3.05, 3.63) is 293 Å². The van der Waals surface area contributed by atoms with Crippen molar-refractivity contribution < 1.29 is 9.15 Å². The Kier molecular flexibility index (Phi) is 11.9. The van der Waals surface area contributed by atoms with E-state index in [9.17, 15) is 0 Å². The summed E-state index contributed by atoms with van der Waals surface area (Å²) in [5, 5.41) is 6.70. The van der Waals surface area contributed by atoms with Gasteiger partial charge in [0.15, 0.2) is 11.3 Å². The predicted molar refractivity (Wildman–Crippen MR) is 343 cm³/mol. The van der Waals surface area contributed by atoms with E-state index in [-0.39, 0.29) is 12.0 Å². The number of hydrogen-bond acceptors (Lipinski definition) is 4. The van der Waals surface area contributed by atoms with Crippen LogP contribution in [-0.2, 0) is 0 Å². The molecule has 15 rings (SSSR count). The quantitative estimate of drug-likeness (QED) is 0.136. The molecule has 1 aromatic heterocycles. The normalized spacial score (nSPS) is 14.1. The maximum Gasteiger partial charge on any atom is 0.177 e. The summed E-state index contributed by atoms with van der Waals surface area (Å²) < 4.78 is 14.1. The van der Waals surface area contributed by atoms with Crippen molar-refractivity contribution in [1.29, 1.82) is 0 Å². The molecule has 12 aromatic carbocycles. The Morgan fingerprint density at radius 1 is 0.329 bits per heavy atom. The zero-order chi connectivity index (χ0) is 55.0. The van der Waals surface area contributed by atoms with Gasteiger partial charge in [-0.05, 0) is 188 Å². The smallest absolute Gasteiger partial charge is 0.177 e. The summed E-state index contributed by atoms with van der Waals surface area (Å²) in [7, 11) is 0.